The predicted molar refractivity (Wildman–Crippen MR) is 54.2 cm³/mol. The number of hydrogen-bond acceptors (Lipinski definition) is 4. The van der Waals surface area contributed by atoms with Crippen LogP contribution in [0.1, 0.15) is 10.5 Å². The van der Waals surface area contributed by atoms with Crippen molar-refractivity contribution in [1.29, 1.82) is 0 Å². The van der Waals surface area contributed by atoms with Crippen molar-refractivity contribution < 1.29 is 4.79 Å². The summed E-state index contributed by atoms with van der Waals surface area (Å²) in [5.74, 6) is 0.111. The zero-order chi connectivity index (χ0) is 10.8. The molecule has 2 aromatic heterocycles. The summed E-state index contributed by atoms with van der Waals surface area (Å²) in [5, 5.41) is 12.7. The molecule has 4 N–H and O–H groups in total. The van der Waals surface area contributed by atoms with Gasteiger partial charge in [-0.2, -0.15) is 10.2 Å². The molecule has 0 aliphatic carbocycles. The van der Waals surface area contributed by atoms with Gasteiger partial charge in [0.2, 0.25) is 0 Å². The molecule has 7 heteroatoms. The molecule has 0 atom stereocenters. The Hall–Kier alpha value is -2.31. The number of nitrogens with zero attached hydrogens (tertiary/aromatic N) is 3. The Morgan fingerprint density at radius 3 is 3.00 bits per heavy atom. The maximum absolute atomic E-state index is 11.6. The average molecular weight is 206 g/mol. The van der Waals surface area contributed by atoms with Crippen LogP contribution in [-0.4, -0.2) is 25.9 Å². The number of anilines is 2. The van der Waals surface area contributed by atoms with Gasteiger partial charge < -0.3 is 11.1 Å². The Morgan fingerprint density at radius 1 is 1.67 bits per heavy atom. The Bertz CT molecular complexity index is 485. The molecule has 15 heavy (non-hydrogen) atoms. The largest absolute Gasteiger partial charge is 0.396 e. The predicted octanol–water partition coefficient (Wildman–Crippen LogP) is -0.0223. The fourth-order valence-electron chi connectivity index (χ4n) is 1.14. The maximum atomic E-state index is 11.6. The molecule has 0 unspecified atom stereocenters. The smallest absolute Gasteiger partial charge is 0.277 e. The first-order valence-electron chi connectivity index (χ1n) is 4.26. The second kappa shape index (κ2) is 3.45. The molecule has 78 valence electrons. The van der Waals surface area contributed by atoms with Gasteiger partial charge in [0.15, 0.2) is 5.82 Å². The minimum absolute atomic E-state index is 0.237. The Kier molecular flexibility index (Phi) is 2.13. The van der Waals surface area contributed by atoms with Crippen LogP contribution in [0.25, 0.3) is 0 Å². The fourth-order valence-corrected chi connectivity index (χ4v) is 1.14. The lowest BCUT2D eigenvalue weighted by Crippen LogP contribution is -2.14. The highest BCUT2D eigenvalue weighted by atomic mass is 16.2. The maximum Gasteiger partial charge on any atom is 0.277 e. The van der Waals surface area contributed by atoms with Crippen molar-refractivity contribution >= 4 is 17.4 Å². The second-order valence-electron chi connectivity index (χ2n) is 3.03. The molecule has 2 rings (SSSR count). The van der Waals surface area contributed by atoms with Crippen molar-refractivity contribution in [2.24, 2.45) is 7.05 Å². The average Bonchev–Trinajstić information content (AvgIpc) is 2.75. The molecule has 2 aromatic rings. The van der Waals surface area contributed by atoms with Crippen LogP contribution in [0.4, 0.5) is 11.5 Å². The molecule has 7 nitrogen and oxygen atoms in total. The van der Waals surface area contributed by atoms with Gasteiger partial charge in [-0.3, -0.25) is 14.6 Å². The van der Waals surface area contributed by atoms with E-state index in [1.165, 1.54) is 6.20 Å². The number of nitrogen functional groups attached to an aromatic ring is 1. The third kappa shape index (κ3) is 1.80. The van der Waals surface area contributed by atoms with Gasteiger partial charge in [-0.25, -0.2) is 0 Å². The van der Waals surface area contributed by atoms with Gasteiger partial charge in [0.1, 0.15) is 5.69 Å². The van der Waals surface area contributed by atoms with Gasteiger partial charge in [0, 0.05) is 19.3 Å². The lowest BCUT2D eigenvalue weighted by atomic mass is 10.3. The Morgan fingerprint density at radius 2 is 2.47 bits per heavy atom. The number of aryl methyl sites for hydroxylation is 1. The van der Waals surface area contributed by atoms with Crippen LogP contribution in [0, 0.1) is 0 Å². The first kappa shape index (κ1) is 9.25. The van der Waals surface area contributed by atoms with Gasteiger partial charge in [-0.05, 0) is 0 Å². The van der Waals surface area contributed by atoms with Crippen LogP contribution in [0.5, 0.6) is 0 Å². The summed E-state index contributed by atoms with van der Waals surface area (Å²) in [4.78, 5) is 11.6. The summed E-state index contributed by atoms with van der Waals surface area (Å²) in [6.45, 7) is 0. The molecule has 0 aliphatic heterocycles. The second-order valence-corrected chi connectivity index (χ2v) is 3.03. The van der Waals surface area contributed by atoms with Crippen molar-refractivity contribution in [3.05, 3.63) is 24.2 Å². The molecular formula is C8H10N6O. The summed E-state index contributed by atoms with van der Waals surface area (Å²) >= 11 is 0. The Labute approximate surface area is 85.3 Å². The number of carbonyl (C=O) groups excluding carboxylic acids is 1. The molecule has 2 heterocycles. The number of aromatic amines is 1. The van der Waals surface area contributed by atoms with Crippen LogP contribution in [-0.2, 0) is 7.05 Å². The zero-order valence-corrected chi connectivity index (χ0v) is 8.06. The van der Waals surface area contributed by atoms with Crippen molar-refractivity contribution in [3.63, 3.8) is 0 Å². The summed E-state index contributed by atoms with van der Waals surface area (Å²) in [7, 11) is 1.76. The van der Waals surface area contributed by atoms with Gasteiger partial charge in [0.25, 0.3) is 5.91 Å². The van der Waals surface area contributed by atoms with Crippen molar-refractivity contribution in [2.75, 3.05) is 11.1 Å². The van der Waals surface area contributed by atoms with Crippen LogP contribution >= 0.6 is 0 Å². The van der Waals surface area contributed by atoms with Crippen molar-refractivity contribution in [3.8, 4) is 0 Å². The highest BCUT2D eigenvalue weighted by Crippen LogP contribution is 2.09. The standard InChI is InChI=1S/C8H10N6O/c1-14-3-2-6(13-14)11-8(15)7-5(9)4-10-12-7/h2-4H,9H2,1H3,(H,10,12)(H,11,13,15). The SMILES string of the molecule is Cn1ccc(NC(=O)c2[nH]ncc2N)n1. The summed E-state index contributed by atoms with van der Waals surface area (Å²) < 4.78 is 1.59. The van der Waals surface area contributed by atoms with E-state index in [4.69, 9.17) is 5.73 Å². The molecule has 1 amide bonds. The van der Waals surface area contributed by atoms with E-state index in [-0.39, 0.29) is 11.6 Å². The minimum atomic E-state index is -0.358. The minimum Gasteiger partial charge on any atom is -0.396 e. The van der Waals surface area contributed by atoms with E-state index in [9.17, 15) is 4.79 Å². The quantitative estimate of drug-likeness (QED) is 0.642. The number of carbonyl (C=O) groups is 1. The molecule has 0 fully saturated rings. The number of amides is 1. The molecule has 0 spiro atoms. The number of aromatic nitrogens is 4. The molecule has 0 radical (unpaired) electrons. The van der Waals surface area contributed by atoms with E-state index < -0.39 is 0 Å². The number of nitrogens with two attached hydrogens (primary N) is 1. The third-order valence-electron chi connectivity index (χ3n) is 1.85. The van der Waals surface area contributed by atoms with Gasteiger partial charge in [-0.1, -0.05) is 0 Å². The highest BCUT2D eigenvalue weighted by Gasteiger charge is 2.12. The Balaban J connectivity index is 2.14. The lowest BCUT2D eigenvalue weighted by molar-refractivity contribution is 0.102. The van der Waals surface area contributed by atoms with E-state index in [1.807, 2.05) is 0 Å². The monoisotopic (exact) mass is 206 g/mol. The van der Waals surface area contributed by atoms with Crippen LogP contribution in [0.3, 0.4) is 0 Å². The number of H-pyrrole nitrogens is 1. The van der Waals surface area contributed by atoms with Crippen LogP contribution in [0.15, 0.2) is 18.5 Å². The summed E-state index contributed by atoms with van der Waals surface area (Å²) in [6, 6.07) is 1.68. The third-order valence-corrected chi connectivity index (χ3v) is 1.85. The number of rotatable bonds is 2. The van der Waals surface area contributed by atoms with Crippen molar-refractivity contribution in [1.82, 2.24) is 20.0 Å². The molecule has 0 saturated carbocycles. The summed E-state index contributed by atoms with van der Waals surface area (Å²) in [6.07, 6.45) is 3.11. The molecular weight excluding hydrogens is 196 g/mol. The fraction of sp³-hybridized carbons (Fsp3) is 0.125. The summed E-state index contributed by atoms with van der Waals surface area (Å²) in [5.41, 5.74) is 6.07. The van der Waals surface area contributed by atoms with Crippen molar-refractivity contribution in [2.45, 2.75) is 0 Å². The van der Waals surface area contributed by atoms with Crippen LogP contribution in [0.2, 0.25) is 0 Å². The lowest BCUT2D eigenvalue weighted by Gasteiger charge is -1.99. The molecule has 0 aromatic carbocycles. The van der Waals surface area contributed by atoms with Gasteiger partial charge in [-0.15, -0.1) is 0 Å². The van der Waals surface area contributed by atoms with Crippen LogP contribution < -0.4 is 11.1 Å². The van der Waals surface area contributed by atoms with E-state index in [0.717, 1.165) is 0 Å². The molecule has 0 bridgehead atoms. The van der Waals surface area contributed by atoms with Gasteiger partial charge >= 0.3 is 0 Å². The zero-order valence-electron chi connectivity index (χ0n) is 8.06. The van der Waals surface area contributed by atoms with E-state index in [1.54, 1.807) is 24.0 Å². The first-order chi connectivity index (χ1) is 7.16. The van der Waals surface area contributed by atoms with E-state index in [2.05, 4.69) is 20.6 Å². The van der Waals surface area contributed by atoms with Gasteiger partial charge in [0.05, 0.1) is 11.9 Å². The number of nitrogens with one attached hydrogen (secondary N) is 2. The topological polar surface area (TPSA) is 102 Å². The van der Waals surface area contributed by atoms with E-state index in [0.29, 0.717) is 11.5 Å². The molecule has 0 saturated heterocycles. The normalized spacial score (nSPS) is 10.2. The number of hydrogen-bond donors (Lipinski definition) is 3. The first-order valence-corrected chi connectivity index (χ1v) is 4.26. The molecule has 0 aliphatic rings. The van der Waals surface area contributed by atoms with E-state index >= 15 is 0 Å². The highest BCUT2D eigenvalue weighted by molar-refractivity contribution is 6.05.